The van der Waals surface area contributed by atoms with Crippen molar-refractivity contribution in [3.05, 3.63) is 85.1 Å². The normalized spacial score (nSPS) is 12.7. The van der Waals surface area contributed by atoms with E-state index in [1.807, 2.05) is 0 Å². The van der Waals surface area contributed by atoms with Crippen LogP contribution in [-0.4, -0.2) is 37.2 Å². The summed E-state index contributed by atoms with van der Waals surface area (Å²) in [6, 6.07) is 0. The highest BCUT2D eigenvalue weighted by Gasteiger charge is 2.19. The Morgan fingerprint density at radius 1 is 0.312 bits per heavy atom. The van der Waals surface area contributed by atoms with Gasteiger partial charge in [-0.25, -0.2) is 0 Å². The summed E-state index contributed by atoms with van der Waals surface area (Å²) in [7, 11) is 0. The molecule has 0 rings (SSSR count). The summed E-state index contributed by atoms with van der Waals surface area (Å²) in [4.78, 5) is 37.9. The van der Waals surface area contributed by atoms with Gasteiger partial charge in [0.2, 0.25) is 0 Å². The molecule has 0 aromatic heterocycles. The highest BCUT2D eigenvalue weighted by Crippen LogP contribution is 2.12. The molecule has 0 spiro atoms. The van der Waals surface area contributed by atoms with E-state index in [9.17, 15) is 14.4 Å². The fourth-order valence-corrected chi connectivity index (χ4v) is 7.06. The second-order valence-corrected chi connectivity index (χ2v) is 17.4. The first-order valence-electron chi connectivity index (χ1n) is 26.6. The molecule has 1 atom stereocenters. The number of unbranched alkanes of at least 4 members (excludes halogenated alkanes) is 22. The van der Waals surface area contributed by atoms with Gasteiger partial charge in [-0.3, -0.25) is 14.4 Å². The lowest BCUT2D eigenvalue weighted by molar-refractivity contribution is -0.167. The van der Waals surface area contributed by atoms with Crippen LogP contribution in [0.2, 0.25) is 0 Å². The quantitative estimate of drug-likeness (QED) is 0.0262. The lowest BCUT2D eigenvalue weighted by Crippen LogP contribution is -2.30. The van der Waals surface area contributed by atoms with Crippen molar-refractivity contribution in [3.8, 4) is 0 Å². The van der Waals surface area contributed by atoms with E-state index in [2.05, 4.69) is 106 Å². The largest absolute Gasteiger partial charge is 0.462 e. The molecule has 6 nitrogen and oxygen atoms in total. The Bertz CT molecular complexity index is 1250. The molecular weight excluding hydrogens is 793 g/mol. The molecule has 1 unspecified atom stereocenters. The highest BCUT2D eigenvalue weighted by atomic mass is 16.6. The van der Waals surface area contributed by atoms with Crippen LogP contribution in [0.3, 0.4) is 0 Å². The van der Waals surface area contributed by atoms with Gasteiger partial charge in [0.15, 0.2) is 6.10 Å². The maximum Gasteiger partial charge on any atom is 0.306 e. The minimum atomic E-state index is -0.826. The molecule has 0 N–H and O–H groups in total. The van der Waals surface area contributed by atoms with Gasteiger partial charge >= 0.3 is 17.9 Å². The van der Waals surface area contributed by atoms with Crippen LogP contribution in [0.4, 0.5) is 0 Å². The van der Waals surface area contributed by atoms with Gasteiger partial charge in [0, 0.05) is 19.3 Å². The standard InChI is InChI=1S/C58H98O6/c1-4-7-10-13-16-19-22-25-27-29-31-33-36-39-42-45-48-51-57(60)63-54-55(53-62-56(59)50-47-44-41-38-35-24-21-18-15-12-9-6-3)64-58(61)52-49-46-43-40-37-34-32-30-28-26-23-20-17-14-11-8-5-2/h18,21,25-28,31-34,39-40,42-43,55H,4-17,19-20,22-24,29-30,35-38,41,44-54H2,1-3H3/b21-18-,27-25-,28-26-,33-31-,34-32-,42-39-,43-40-. The van der Waals surface area contributed by atoms with Crippen LogP contribution in [0.15, 0.2) is 85.1 Å². The zero-order chi connectivity index (χ0) is 46.5. The Kier molecular flexibility index (Phi) is 49.4. The topological polar surface area (TPSA) is 78.9 Å². The maximum absolute atomic E-state index is 12.8. The fraction of sp³-hybridized carbons (Fsp3) is 0.707. The molecule has 64 heavy (non-hydrogen) atoms. The molecule has 0 aliphatic rings. The lowest BCUT2D eigenvalue weighted by atomic mass is 10.1. The Balaban J connectivity index is 4.54. The molecule has 0 aromatic rings. The number of hydrogen-bond donors (Lipinski definition) is 0. The third-order valence-corrected chi connectivity index (χ3v) is 11.1. The fourth-order valence-electron chi connectivity index (χ4n) is 7.06. The van der Waals surface area contributed by atoms with Gasteiger partial charge in [0.25, 0.3) is 0 Å². The molecule has 0 aromatic carbocycles. The van der Waals surface area contributed by atoms with Crippen molar-refractivity contribution in [1.82, 2.24) is 0 Å². The van der Waals surface area contributed by atoms with Gasteiger partial charge in [-0.1, -0.05) is 202 Å². The van der Waals surface area contributed by atoms with E-state index < -0.39 is 6.10 Å². The number of carbonyl (C=O) groups is 3. The smallest absolute Gasteiger partial charge is 0.306 e. The third kappa shape index (κ3) is 49.6. The van der Waals surface area contributed by atoms with Gasteiger partial charge in [-0.15, -0.1) is 0 Å². The minimum Gasteiger partial charge on any atom is -0.462 e. The molecule has 366 valence electrons. The molecular formula is C58H98O6. The van der Waals surface area contributed by atoms with E-state index in [0.29, 0.717) is 19.3 Å². The predicted molar refractivity (Wildman–Crippen MR) is 274 cm³/mol. The first-order valence-corrected chi connectivity index (χ1v) is 26.6. The summed E-state index contributed by atoms with van der Waals surface area (Å²) in [5.41, 5.74) is 0. The summed E-state index contributed by atoms with van der Waals surface area (Å²) in [6.45, 7) is 6.50. The van der Waals surface area contributed by atoms with Crippen LogP contribution < -0.4 is 0 Å². The summed E-state index contributed by atoms with van der Waals surface area (Å²) in [5, 5.41) is 0. The molecule has 0 amide bonds. The number of ether oxygens (including phenoxy) is 3. The number of allylic oxidation sites excluding steroid dienone is 14. The number of rotatable bonds is 47. The van der Waals surface area contributed by atoms with Crippen LogP contribution in [0.25, 0.3) is 0 Å². The average molecular weight is 891 g/mol. The van der Waals surface area contributed by atoms with Crippen molar-refractivity contribution < 1.29 is 28.6 Å². The van der Waals surface area contributed by atoms with Gasteiger partial charge in [-0.2, -0.15) is 0 Å². The molecule has 0 fully saturated rings. The van der Waals surface area contributed by atoms with Crippen LogP contribution >= 0.6 is 0 Å². The third-order valence-electron chi connectivity index (χ3n) is 11.1. The number of esters is 3. The highest BCUT2D eigenvalue weighted by molar-refractivity contribution is 5.71. The van der Waals surface area contributed by atoms with Crippen molar-refractivity contribution in [2.75, 3.05) is 13.2 Å². The molecule has 0 aliphatic carbocycles. The second-order valence-electron chi connectivity index (χ2n) is 17.4. The zero-order valence-electron chi connectivity index (χ0n) is 41.8. The molecule has 0 aliphatic heterocycles. The SMILES string of the molecule is CCCCC/C=C\CCCCCCCC(=O)OCC(COC(=O)CCC/C=C\C/C=C\C/C=C\CCCCCCCC)OC(=O)CCC/C=C\C/C=C\C/C=C\CCCCCCCC. The van der Waals surface area contributed by atoms with Gasteiger partial charge in [0.1, 0.15) is 13.2 Å². The second kappa shape index (κ2) is 52.2. The lowest BCUT2D eigenvalue weighted by Gasteiger charge is -2.18. The van der Waals surface area contributed by atoms with Gasteiger partial charge < -0.3 is 14.2 Å². The molecule has 0 saturated heterocycles. The minimum absolute atomic E-state index is 0.117. The first kappa shape index (κ1) is 60.6. The van der Waals surface area contributed by atoms with Crippen molar-refractivity contribution >= 4 is 17.9 Å². The van der Waals surface area contributed by atoms with Crippen LogP contribution in [0.5, 0.6) is 0 Å². The summed E-state index contributed by atoms with van der Waals surface area (Å²) >= 11 is 0. The van der Waals surface area contributed by atoms with Crippen LogP contribution in [0, 0.1) is 0 Å². The molecule has 0 heterocycles. The van der Waals surface area contributed by atoms with Crippen molar-refractivity contribution in [1.29, 1.82) is 0 Å². The Hall–Kier alpha value is -3.41. The van der Waals surface area contributed by atoms with Crippen molar-refractivity contribution in [2.45, 2.75) is 252 Å². The number of hydrogen-bond acceptors (Lipinski definition) is 6. The van der Waals surface area contributed by atoms with E-state index in [4.69, 9.17) is 14.2 Å². The molecule has 0 bridgehead atoms. The molecule has 0 saturated carbocycles. The van der Waals surface area contributed by atoms with Gasteiger partial charge in [-0.05, 0) is 109 Å². The predicted octanol–water partition coefficient (Wildman–Crippen LogP) is 17.6. The average Bonchev–Trinajstić information content (AvgIpc) is 3.29. The van der Waals surface area contributed by atoms with Crippen molar-refractivity contribution in [3.63, 3.8) is 0 Å². The summed E-state index contributed by atoms with van der Waals surface area (Å²) < 4.78 is 16.7. The van der Waals surface area contributed by atoms with E-state index in [-0.39, 0.29) is 44.0 Å². The summed E-state index contributed by atoms with van der Waals surface area (Å²) in [6.07, 6.45) is 67.2. The van der Waals surface area contributed by atoms with E-state index in [0.717, 1.165) is 70.6 Å². The van der Waals surface area contributed by atoms with Crippen LogP contribution in [-0.2, 0) is 28.6 Å². The van der Waals surface area contributed by atoms with Crippen LogP contribution in [0.1, 0.15) is 245 Å². The van der Waals surface area contributed by atoms with Crippen molar-refractivity contribution in [2.24, 2.45) is 0 Å². The summed E-state index contributed by atoms with van der Waals surface area (Å²) in [5.74, 6) is -1.03. The Morgan fingerprint density at radius 2 is 0.578 bits per heavy atom. The van der Waals surface area contributed by atoms with E-state index in [1.165, 1.54) is 122 Å². The zero-order valence-corrected chi connectivity index (χ0v) is 41.8. The number of carbonyl (C=O) groups excluding carboxylic acids is 3. The first-order chi connectivity index (χ1) is 31.5. The van der Waals surface area contributed by atoms with E-state index in [1.54, 1.807) is 0 Å². The monoisotopic (exact) mass is 891 g/mol. The Labute approximate surface area is 395 Å². The maximum atomic E-state index is 12.8. The van der Waals surface area contributed by atoms with Gasteiger partial charge in [0.05, 0.1) is 0 Å². The van der Waals surface area contributed by atoms with E-state index >= 15 is 0 Å². The molecule has 6 heteroatoms. The Morgan fingerprint density at radius 3 is 0.984 bits per heavy atom. The molecule has 0 radical (unpaired) electrons.